The molecule has 13 heteroatoms. The van der Waals surface area contributed by atoms with Crippen molar-refractivity contribution < 1.29 is 33.3 Å². The predicted molar refractivity (Wildman–Crippen MR) is 127 cm³/mol. The van der Waals surface area contributed by atoms with Crippen LogP contribution < -0.4 is 10.6 Å². The van der Waals surface area contributed by atoms with E-state index in [2.05, 4.69) is 25.8 Å². The van der Waals surface area contributed by atoms with E-state index in [1.54, 1.807) is 25.1 Å². The molecule has 1 aliphatic heterocycles. The second kappa shape index (κ2) is 10.9. The zero-order chi connectivity index (χ0) is 25.7. The second-order valence-electron chi connectivity index (χ2n) is 7.99. The zero-order valence-corrected chi connectivity index (χ0v) is 20.0. The molecule has 0 atom stereocenters. The quantitative estimate of drug-likeness (QED) is 0.330. The number of carbonyl (C=O) groups is 2. The van der Waals surface area contributed by atoms with Crippen molar-refractivity contribution in [1.29, 1.82) is 0 Å². The minimum absolute atomic E-state index is 0.0463. The van der Waals surface area contributed by atoms with Crippen LogP contribution in [0.1, 0.15) is 5.69 Å². The van der Waals surface area contributed by atoms with Gasteiger partial charge in [0.1, 0.15) is 24.7 Å². The number of nitrogens with one attached hydrogen (secondary N) is 2. The number of hydrogen-bond donors (Lipinski definition) is 3. The fourth-order valence-electron chi connectivity index (χ4n) is 3.39. The molecular formula is C23H23ClFN6O5+. The van der Waals surface area contributed by atoms with E-state index in [0.717, 1.165) is 0 Å². The maximum Gasteiger partial charge on any atom is 0.550 e. The lowest BCUT2D eigenvalue weighted by atomic mass is 10.1. The van der Waals surface area contributed by atoms with E-state index in [0.29, 0.717) is 22.1 Å². The molecule has 1 aromatic carbocycles. The van der Waals surface area contributed by atoms with E-state index in [1.807, 2.05) is 0 Å². The van der Waals surface area contributed by atoms with Crippen LogP contribution in [-0.2, 0) is 14.3 Å². The second-order valence-corrected chi connectivity index (χ2v) is 8.43. The number of aryl methyl sites for hydroxylation is 1. The standard InChI is InChI=1S/C23H22ClFN6O5/c1-14-19(12-20(30-29-14)17-10-15(24)2-3-18(17)25)27-16-4-5-26-21(11-16)28-22(32)13-36-23(33)31(34)6-8-35-9-7-31/h2-5,10-12,34H,6-9,13H2,1H3,(H-,26,27,28,30,32)/p+1. The average molecular weight is 518 g/mol. The van der Waals surface area contributed by atoms with Gasteiger partial charge in [-0.05, 0) is 37.3 Å². The number of anilines is 3. The van der Waals surface area contributed by atoms with Gasteiger partial charge in [-0.3, -0.25) is 4.79 Å². The van der Waals surface area contributed by atoms with Crippen molar-refractivity contribution in [1.82, 2.24) is 15.2 Å². The van der Waals surface area contributed by atoms with Gasteiger partial charge in [-0.25, -0.2) is 14.6 Å². The van der Waals surface area contributed by atoms with E-state index in [4.69, 9.17) is 21.1 Å². The smallest absolute Gasteiger partial charge is 0.408 e. The predicted octanol–water partition coefficient (Wildman–Crippen LogP) is 3.69. The first-order chi connectivity index (χ1) is 17.2. The van der Waals surface area contributed by atoms with Gasteiger partial charge in [-0.15, -0.1) is 0 Å². The lowest BCUT2D eigenvalue weighted by molar-refractivity contribution is -1.05. The zero-order valence-electron chi connectivity index (χ0n) is 19.2. The van der Waals surface area contributed by atoms with Crippen LogP contribution in [0, 0.1) is 12.7 Å². The molecule has 1 saturated heterocycles. The van der Waals surface area contributed by atoms with Crippen molar-refractivity contribution in [2.45, 2.75) is 6.92 Å². The van der Waals surface area contributed by atoms with Crippen molar-refractivity contribution in [3.05, 3.63) is 59.1 Å². The molecule has 36 heavy (non-hydrogen) atoms. The number of pyridine rings is 1. The summed E-state index contributed by atoms with van der Waals surface area (Å²) in [6.07, 6.45) is 0.539. The van der Waals surface area contributed by atoms with Crippen molar-refractivity contribution >= 4 is 40.8 Å². The first-order valence-electron chi connectivity index (χ1n) is 10.9. The summed E-state index contributed by atoms with van der Waals surface area (Å²) in [5.74, 6) is -0.921. The van der Waals surface area contributed by atoms with Gasteiger partial charge in [0.25, 0.3) is 5.91 Å². The fourth-order valence-corrected chi connectivity index (χ4v) is 3.56. The maximum absolute atomic E-state index is 14.3. The Kier molecular flexibility index (Phi) is 7.70. The number of rotatable bonds is 6. The molecule has 4 rings (SSSR count). The van der Waals surface area contributed by atoms with Crippen LogP contribution in [0.15, 0.2) is 42.6 Å². The molecular weight excluding hydrogens is 495 g/mol. The third-order valence-electron chi connectivity index (χ3n) is 5.37. The van der Waals surface area contributed by atoms with Crippen LogP contribution in [0.25, 0.3) is 11.3 Å². The molecule has 188 valence electrons. The molecule has 0 bridgehead atoms. The Morgan fingerprint density at radius 2 is 1.97 bits per heavy atom. The molecule has 3 heterocycles. The van der Waals surface area contributed by atoms with Crippen molar-refractivity contribution in [3.63, 3.8) is 0 Å². The highest BCUT2D eigenvalue weighted by atomic mass is 35.5. The van der Waals surface area contributed by atoms with Gasteiger partial charge in [0.05, 0.1) is 30.3 Å². The molecule has 2 amide bonds. The third kappa shape index (κ3) is 6.10. The van der Waals surface area contributed by atoms with Crippen molar-refractivity contribution in [3.8, 4) is 11.3 Å². The average Bonchev–Trinajstić information content (AvgIpc) is 2.86. The number of morpholine rings is 1. The summed E-state index contributed by atoms with van der Waals surface area (Å²) in [7, 11) is 0. The number of carbonyl (C=O) groups excluding carboxylic acids is 2. The summed E-state index contributed by atoms with van der Waals surface area (Å²) < 4.78 is 23.4. The van der Waals surface area contributed by atoms with Crippen LogP contribution in [-0.4, -0.2) is 69.9 Å². The number of benzene rings is 1. The molecule has 0 saturated carbocycles. The molecule has 0 aliphatic carbocycles. The summed E-state index contributed by atoms with van der Waals surface area (Å²) >= 11 is 5.99. The Labute approximate surface area is 210 Å². The van der Waals surface area contributed by atoms with Gasteiger partial charge in [-0.1, -0.05) is 16.2 Å². The highest BCUT2D eigenvalue weighted by Crippen LogP contribution is 2.28. The molecule has 0 spiro atoms. The number of quaternary nitrogens is 1. The van der Waals surface area contributed by atoms with E-state index < -0.39 is 29.1 Å². The van der Waals surface area contributed by atoms with Crippen LogP contribution in [0.2, 0.25) is 5.02 Å². The van der Waals surface area contributed by atoms with E-state index in [-0.39, 0.29) is 43.4 Å². The van der Waals surface area contributed by atoms with E-state index in [1.165, 1.54) is 24.4 Å². The summed E-state index contributed by atoms with van der Waals surface area (Å²) in [5, 5.41) is 24.4. The highest BCUT2D eigenvalue weighted by Gasteiger charge is 2.40. The Hall–Kier alpha value is -3.71. The van der Waals surface area contributed by atoms with Crippen LogP contribution in [0.3, 0.4) is 0 Å². The minimum atomic E-state index is -0.939. The maximum atomic E-state index is 14.3. The number of amides is 2. The Bertz CT molecular complexity index is 1290. The van der Waals surface area contributed by atoms with E-state index >= 15 is 0 Å². The number of ether oxygens (including phenoxy) is 2. The lowest BCUT2D eigenvalue weighted by Crippen LogP contribution is -2.56. The molecule has 0 unspecified atom stereocenters. The number of nitrogens with zero attached hydrogens (tertiary/aromatic N) is 4. The van der Waals surface area contributed by atoms with Gasteiger partial charge < -0.3 is 20.1 Å². The SMILES string of the molecule is Cc1nnc(-c2cc(Cl)ccc2F)cc1Nc1ccnc(NC(=O)COC(=O)[N+]2(O)CCOCC2)c1. The van der Waals surface area contributed by atoms with Crippen molar-refractivity contribution in [2.75, 3.05) is 43.5 Å². The molecule has 0 radical (unpaired) electrons. The highest BCUT2D eigenvalue weighted by molar-refractivity contribution is 6.30. The summed E-state index contributed by atoms with van der Waals surface area (Å²) in [6, 6.07) is 9.01. The monoisotopic (exact) mass is 517 g/mol. The Balaban J connectivity index is 1.41. The first-order valence-corrected chi connectivity index (χ1v) is 11.3. The van der Waals surface area contributed by atoms with Crippen molar-refractivity contribution in [2.24, 2.45) is 0 Å². The normalized spacial score (nSPS) is 14.7. The lowest BCUT2D eigenvalue weighted by Gasteiger charge is -2.29. The van der Waals surface area contributed by atoms with E-state index in [9.17, 15) is 19.2 Å². The number of aromatic nitrogens is 3. The Morgan fingerprint density at radius 1 is 1.19 bits per heavy atom. The van der Waals surface area contributed by atoms with Gasteiger partial charge >= 0.3 is 6.09 Å². The largest absolute Gasteiger partial charge is 0.550 e. The first kappa shape index (κ1) is 25.4. The number of halogens is 2. The summed E-state index contributed by atoms with van der Waals surface area (Å²) in [6.45, 7) is 1.65. The van der Waals surface area contributed by atoms with Gasteiger partial charge in [0.15, 0.2) is 6.61 Å². The topological polar surface area (TPSA) is 136 Å². The molecule has 1 fully saturated rings. The van der Waals surface area contributed by atoms with Gasteiger partial charge in [0, 0.05) is 28.5 Å². The van der Waals surface area contributed by atoms with Crippen LogP contribution in [0.5, 0.6) is 0 Å². The molecule has 3 N–H and O–H groups in total. The van der Waals surface area contributed by atoms with Crippen LogP contribution >= 0.6 is 11.6 Å². The summed E-state index contributed by atoms with van der Waals surface area (Å²) in [5.41, 5.74) is 2.16. The Morgan fingerprint density at radius 3 is 2.75 bits per heavy atom. The molecule has 3 aromatic rings. The number of hydroxylamine groups is 3. The third-order valence-corrected chi connectivity index (χ3v) is 5.60. The fraction of sp³-hybridized carbons (Fsp3) is 0.261. The molecule has 1 aliphatic rings. The van der Waals surface area contributed by atoms with Gasteiger partial charge in [0.2, 0.25) is 0 Å². The molecule has 11 nitrogen and oxygen atoms in total. The minimum Gasteiger partial charge on any atom is -0.408 e. The summed E-state index contributed by atoms with van der Waals surface area (Å²) in [4.78, 5) is 28.5. The number of hydrogen-bond acceptors (Lipinski definition) is 9. The molecule has 2 aromatic heterocycles. The van der Waals surface area contributed by atoms with Gasteiger partial charge in [-0.2, -0.15) is 15.0 Å². The van der Waals surface area contributed by atoms with Crippen LogP contribution in [0.4, 0.5) is 26.4 Å².